The van der Waals surface area contributed by atoms with E-state index in [0.717, 1.165) is 11.3 Å². The van der Waals surface area contributed by atoms with Crippen LogP contribution in [-0.2, 0) is 13.1 Å². The molecular formula is C21H25FN4O. The smallest absolute Gasteiger partial charge is 0.191 e. The van der Waals surface area contributed by atoms with Gasteiger partial charge in [-0.25, -0.2) is 4.39 Å². The van der Waals surface area contributed by atoms with E-state index >= 15 is 0 Å². The number of ether oxygens (including phenoxy) is 1. The minimum absolute atomic E-state index is 0.261. The van der Waals surface area contributed by atoms with Gasteiger partial charge in [-0.15, -0.1) is 0 Å². The van der Waals surface area contributed by atoms with E-state index in [1.165, 1.54) is 6.07 Å². The van der Waals surface area contributed by atoms with Crippen LogP contribution in [0.5, 0.6) is 5.75 Å². The third kappa shape index (κ3) is 6.30. The van der Waals surface area contributed by atoms with E-state index in [2.05, 4.69) is 15.6 Å². The second-order valence-corrected chi connectivity index (χ2v) is 7.02. The molecule has 0 spiro atoms. The van der Waals surface area contributed by atoms with Gasteiger partial charge in [-0.05, 0) is 39.0 Å². The van der Waals surface area contributed by atoms with Crippen molar-refractivity contribution in [2.45, 2.75) is 39.5 Å². The van der Waals surface area contributed by atoms with Crippen LogP contribution in [0.1, 0.15) is 37.5 Å². The molecule has 0 fully saturated rings. The Kier molecular flexibility index (Phi) is 6.78. The van der Waals surface area contributed by atoms with Gasteiger partial charge in [0.15, 0.2) is 5.96 Å². The molecule has 142 valence electrons. The standard InChI is InChI=1S/C21H25FN4O/c1-21(2,3)27-19-8-6-5-7-17(19)14-26-20(24-4)25-13-16-10-9-15(12-23)11-18(16)22/h5-11H,13-14H2,1-4H3,(H2,24,25,26). The predicted molar refractivity (Wildman–Crippen MR) is 105 cm³/mol. The van der Waals surface area contributed by atoms with Crippen LogP contribution in [0.3, 0.4) is 0 Å². The highest BCUT2D eigenvalue weighted by atomic mass is 19.1. The van der Waals surface area contributed by atoms with Gasteiger partial charge in [0.05, 0.1) is 11.6 Å². The lowest BCUT2D eigenvalue weighted by atomic mass is 10.1. The molecule has 2 N–H and O–H groups in total. The molecule has 0 aliphatic rings. The van der Waals surface area contributed by atoms with Crippen molar-refractivity contribution in [2.24, 2.45) is 4.99 Å². The molecule has 6 heteroatoms. The van der Waals surface area contributed by atoms with Gasteiger partial charge in [0, 0.05) is 31.3 Å². The van der Waals surface area contributed by atoms with E-state index in [0.29, 0.717) is 23.6 Å². The van der Waals surface area contributed by atoms with Gasteiger partial charge in [-0.3, -0.25) is 4.99 Å². The Bertz CT molecular complexity index is 850. The van der Waals surface area contributed by atoms with Crippen LogP contribution in [0.15, 0.2) is 47.5 Å². The molecule has 0 atom stereocenters. The highest BCUT2D eigenvalue weighted by Gasteiger charge is 2.14. The normalized spacial score (nSPS) is 11.6. The lowest BCUT2D eigenvalue weighted by Crippen LogP contribution is -2.36. The predicted octanol–water partition coefficient (Wildman–Crippen LogP) is 3.74. The molecule has 2 aromatic carbocycles. The molecule has 0 aromatic heterocycles. The Hall–Kier alpha value is -3.07. The first kappa shape index (κ1) is 20.2. The van der Waals surface area contributed by atoms with E-state index in [-0.39, 0.29) is 12.1 Å². The molecule has 0 bridgehead atoms. The number of guanidine groups is 1. The second kappa shape index (κ2) is 9.04. The van der Waals surface area contributed by atoms with Gasteiger partial charge >= 0.3 is 0 Å². The van der Waals surface area contributed by atoms with Crippen LogP contribution in [0.2, 0.25) is 0 Å². The number of halogens is 1. The summed E-state index contributed by atoms with van der Waals surface area (Å²) in [5.41, 5.74) is 1.48. The summed E-state index contributed by atoms with van der Waals surface area (Å²) in [7, 11) is 1.65. The first-order valence-electron chi connectivity index (χ1n) is 8.72. The molecule has 0 heterocycles. The van der Waals surface area contributed by atoms with Crippen LogP contribution >= 0.6 is 0 Å². The largest absolute Gasteiger partial charge is 0.488 e. The summed E-state index contributed by atoms with van der Waals surface area (Å²) in [6.07, 6.45) is 0. The quantitative estimate of drug-likeness (QED) is 0.623. The molecule has 27 heavy (non-hydrogen) atoms. The third-order valence-electron chi connectivity index (χ3n) is 3.69. The minimum atomic E-state index is -0.416. The maximum absolute atomic E-state index is 14.0. The number of nitrogens with one attached hydrogen (secondary N) is 2. The van der Waals surface area contributed by atoms with E-state index in [4.69, 9.17) is 10.00 Å². The summed E-state index contributed by atoms with van der Waals surface area (Å²) in [6, 6.07) is 14.2. The summed E-state index contributed by atoms with van der Waals surface area (Å²) < 4.78 is 20.0. The number of benzene rings is 2. The van der Waals surface area contributed by atoms with Crippen molar-refractivity contribution in [2.75, 3.05) is 7.05 Å². The van der Waals surface area contributed by atoms with Crippen molar-refractivity contribution in [1.82, 2.24) is 10.6 Å². The second-order valence-electron chi connectivity index (χ2n) is 7.02. The van der Waals surface area contributed by atoms with Crippen molar-refractivity contribution in [1.29, 1.82) is 5.26 Å². The fourth-order valence-corrected chi connectivity index (χ4v) is 2.42. The maximum Gasteiger partial charge on any atom is 0.191 e. The van der Waals surface area contributed by atoms with Crippen molar-refractivity contribution in [3.05, 3.63) is 65.0 Å². The zero-order valence-corrected chi connectivity index (χ0v) is 16.1. The van der Waals surface area contributed by atoms with Gasteiger partial charge < -0.3 is 15.4 Å². The Balaban J connectivity index is 1.98. The highest BCUT2D eigenvalue weighted by Crippen LogP contribution is 2.22. The molecular weight excluding hydrogens is 343 g/mol. The third-order valence-corrected chi connectivity index (χ3v) is 3.69. The number of aliphatic imine (C=N–C) groups is 1. The lowest BCUT2D eigenvalue weighted by Gasteiger charge is -2.23. The van der Waals surface area contributed by atoms with Crippen LogP contribution in [0, 0.1) is 17.1 Å². The number of para-hydroxylation sites is 1. The Morgan fingerprint density at radius 3 is 2.37 bits per heavy atom. The molecule has 2 aromatic rings. The van der Waals surface area contributed by atoms with Crippen LogP contribution in [0.25, 0.3) is 0 Å². The van der Waals surface area contributed by atoms with E-state index in [9.17, 15) is 4.39 Å². The van der Waals surface area contributed by atoms with Crippen LogP contribution in [-0.4, -0.2) is 18.6 Å². The zero-order valence-electron chi connectivity index (χ0n) is 16.1. The molecule has 0 amide bonds. The highest BCUT2D eigenvalue weighted by molar-refractivity contribution is 5.79. The average molecular weight is 368 g/mol. The molecule has 0 saturated heterocycles. The van der Waals surface area contributed by atoms with Crippen LogP contribution in [0.4, 0.5) is 4.39 Å². The summed E-state index contributed by atoms with van der Waals surface area (Å²) in [5, 5.41) is 15.1. The first-order chi connectivity index (χ1) is 12.8. The SMILES string of the molecule is CN=C(NCc1ccc(C#N)cc1F)NCc1ccccc1OC(C)(C)C. The van der Waals surface area contributed by atoms with Crippen LogP contribution < -0.4 is 15.4 Å². The summed E-state index contributed by atoms with van der Waals surface area (Å²) in [4.78, 5) is 4.16. The lowest BCUT2D eigenvalue weighted by molar-refractivity contribution is 0.129. The molecule has 0 radical (unpaired) electrons. The van der Waals surface area contributed by atoms with Crippen molar-refractivity contribution in [3.8, 4) is 11.8 Å². The fourth-order valence-electron chi connectivity index (χ4n) is 2.42. The van der Waals surface area contributed by atoms with Crippen molar-refractivity contribution >= 4 is 5.96 Å². The molecule has 0 aliphatic heterocycles. The van der Waals surface area contributed by atoms with Gasteiger partial charge in [0.25, 0.3) is 0 Å². The Labute approximate surface area is 159 Å². The number of nitrogens with zero attached hydrogens (tertiary/aromatic N) is 2. The molecule has 2 rings (SSSR count). The zero-order chi connectivity index (χ0) is 19.9. The molecule has 0 saturated carbocycles. The number of hydrogen-bond acceptors (Lipinski definition) is 3. The van der Waals surface area contributed by atoms with Gasteiger partial charge in [-0.2, -0.15) is 5.26 Å². The van der Waals surface area contributed by atoms with E-state index in [1.54, 1.807) is 19.2 Å². The first-order valence-corrected chi connectivity index (χ1v) is 8.72. The number of nitriles is 1. The summed E-state index contributed by atoms with van der Waals surface area (Å²) in [6.45, 7) is 6.79. The van der Waals surface area contributed by atoms with E-state index in [1.807, 2.05) is 51.1 Å². The average Bonchev–Trinajstić information content (AvgIpc) is 2.62. The van der Waals surface area contributed by atoms with Gasteiger partial charge in [-0.1, -0.05) is 24.3 Å². The molecule has 5 nitrogen and oxygen atoms in total. The Morgan fingerprint density at radius 2 is 1.78 bits per heavy atom. The van der Waals surface area contributed by atoms with Crippen molar-refractivity contribution in [3.63, 3.8) is 0 Å². The summed E-state index contributed by atoms with van der Waals surface area (Å²) >= 11 is 0. The topological polar surface area (TPSA) is 69.4 Å². The van der Waals surface area contributed by atoms with Gasteiger partial charge in [0.2, 0.25) is 0 Å². The molecule has 0 aliphatic carbocycles. The van der Waals surface area contributed by atoms with E-state index < -0.39 is 5.82 Å². The van der Waals surface area contributed by atoms with Crippen molar-refractivity contribution < 1.29 is 9.13 Å². The molecule has 0 unspecified atom stereocenters. The Morgan fingerprint density at radius 1 is 1.11 bits per heavy atom. The number of hydrogen-bond donors (Lipinski definition) is 2. The monoisotopic (exact) mass is 368 g/mol. The maximum atomic E-state index is 14.0. The fraction of sp³-hybridized carbons (Fsp3) is 0.333. The number of rotatable bonds is 5. The van der Waals surface area contributed by atoms with Gasteiger partial charge in [0.1, 0.15) is 17.2 Å². The summed E-state index contributed by atoms with van der Waals surface area (Å²) in [5.74, 6) is 0.941. The minimum Gasteiger partial charge on any atom is -0.488 e.